The van der Waals surface area contributed by atoms with E-state index in [-0.39, 0.29) is 11.8 Å². The van der Waals surface area contributed by atoms with E-state index in [1.54, 1.807) is 4.57 Å². The van der Waals surface area contributed by atoms with Crippen molar-refractivity contribution < 1.29 is 4.39 Å². The number of allylic oxidation sites excluding steroid dienone is 3. The third kappa shape index (κ3) is 5.60. The average Bonchev–Trinajstić information content (AvgIpc) is 3.26. The minimum absolute atomic E-state index is 0.205. The van der Waals surface area contributed by atoms with E-state index >= 15 is 0 Å². The van der Waals surface area contributed by atoms with Gasteiger partial charge in [-0.1, -0.05) is 12.2 Å². The van der Waals surface area contributed by atoms with E-state index in [1.807, 2.05) is 46.2 Å². The molecule has 0 amide bonds. The summed E-state index contributed by atoms with van der Waals surface area (Å²) < 4.78 is 16.2. The number of rotatable bonds is 6. The normalized spacial score (nSPS) is 15.8. The number of hydrogen-bond donors (Lipinski definition) is 1. The SMILES string of the molecule is C=C(C)/C=C(/C)N/C(C)=N/c1ncc(F)c(-n2cc(C)c(CN3CCCC3)c2)n1. The van der Waals surface area contributed by atoms with Crippen LogP contribution in [-0.2, 0) is 6.54 Å². The Labute approximate surface area is 171 Å². The van der Waals surface area contributed by atoms with Crippen LogP contribution in [0.15, 0.2) is 47.5 Å². The zero-order valence-electron chi connectivity index (χ0n) is 17.7. The summed E-state index contributed by atoms with van der Waals surface area (Å²) in [4.78, 5) is 15.1. The second-order valence-corrected chi connectivity index (χ2v) is 7.69. The van der Waals surface area contributed by atoms with Crippen LogP contribution in [0.3, 0.4) is 0 Å². The van der Waals surface area contributed by atoms with Gasteiger partial charge in [-0.3, -0.25) is 4.90 Å². The number of halogens is 1. The van der Waals surface area contributed by atoms with Gasteiger partial charge in [-0.2, -0.15) is 9.98 Å². The Hall–Kier alpha value is -2.80. The van der Waals surface area contributed by atoms with Gasteiger partial charge in [-0.05, 0) is 70.8 Å². The molecular formula is C22H29FN6. The molecule has 1 aliphatic rings. The van der Waals surface area contributed by atoms with Crippen molar-refractivity contribution in [3.63, 3.8) is 0 Å². The molecule has 0 unspecified atom stereocenters. The highest BCUT2D eigenvalue weighted by Crippen LogP contribution is 2.21. The molecule has 1 aliphatic heterocycles. The Morgan fingerprint density at radius 3 is 2.69 bits per heavy atom. The molecule has 0 aliphatic carbocycles. The fourth-order valence-electron chi connectivity index (χ4n) is 3.52. The summed E-state index contributed by atoms with van der Waals surface area (Å²) in [5.41, 5.74) is 4.16. The van der Waals surface area contributed by atoms with E-state index in [4.69, 9.17) is 0 Å². The highest BCUT2D eigenvalue weighted by Gasteiger charge is 2.16. The number of likely N-dealkylation sites (tertiary alicyclic amines) is 1. The van der Waals surface area contributed by atoms with Gasteiger partial charge in [0.1, 0.15) is 5.84 Å². The molecule has 1 N–H and O–H groups in total. The van der Waals surface area contributed by atoms with Gasteiger partial charge in [0.25, 0.3) is 5.95 Å². The van der Waals surface area contributed by atoms with Crippen LogP contribution in [0.1, 0.15) is 44.7 Å². The van der Waals surface area contributed by atoms with E-state index < -0.39 is 5.82 Å². The van der Waals surface area contributed by atoms with Crippen LogP contribution in [-0.4, -0.2) is 38.4 Å². The number of aryl methyl sites for hydroxylation is 1. The molecule has 1 fully saturated rings. The monoisotopic (exact) mass is 396 g/mol. The number of nitrogens with zero attached hydrogens (tertiary/aromatic N) is 5. The Bertz CT molecular complexity index is 950. The molecule has 0 aromatic carbocycles. The molecule has 0 saturated carbocycles. The lowest BCUT2D eigenvalue weighted by Crippen LogP contribution is -2.18. The fourth-order valence-corrected chi connectivity index (χ4v) is 3.52. The average molecular weight is 397 g/mol. The molecule has 3 heterocycles. The van der Waals surface area contributed by atoms with Crippen LogP contribution in [0, 0.1) is 12.7 Å². The first kappa shape index (κ1) is 20.9. The minimum Gasteiger partial charge on any atom is -0.348 e. The highest BCUT2D eigenvalue weighted by atomic mass is 19.1. The lowest BCUT2D eigenvalue weighted by molar-refractivity contribution is 0.331. The highest BCUT2D eigenvalue weighted by molar-refractivity contribution is 5.83. The van der Waals surface area contributed by atoms with Gasteiger partial charge in [0, 0.05) is 24.6 Å². The van der Waals surface area contributed by atoms with E-state index in [0.29, 0.717) is 5.84 Å². The molecule has 0 radical (unpaired) electrons. The standard InChI is InChI=1S/C22H29FN6/c1-15(2)10-17(4)25-18(5)26-22-24-11-20(23)21(27-22)29-12-16(3)19(14-29)13-28-8-6-7-9-28/h10-12,14H,1,6-9,13H2,2-5H3,(H,24,25,26,27)/b17-10-. The summed E-state index contributed by atoms with van der Waals surface area (Å²) in [6.07, 6.45) is 9.44. The lowest BCUT2D eigenvalue weighted by Gasteiger charge is -2.13. The van der Waals surface area contributed by atoms with Crippen molar-refractivity contribution in [2.75, 3.05) is 13.1 Å². The molecule has 0 atom stereocenters. The summed E-state index contributed by atoms with van der Waals surface area (Å²) in [7, 11) is 0. The maximum absolute atomic E-state index is 14.5. The number of amidine groups is 1. The van der Waals surface area contributed by atoms with Crippen LogP contribution >= 0.6 is 0 Å². The first-order valence-corrected chi connectivity index (χ1v) is 9.90. The smallest absolute Gasteiger partial charge is 0.253 e. The third-order valence-corrected chi connectivity index (χ3v) is 4.79. The van der Waals surface area contributed by atoms with Gasteiger partial charge in [-0.25, -0.2) is 9.37 Å². The first-order valence-electron chi connectivity index (χ1n) is 9.90. The quantitative estimate of drug-likeness (QED) is 0.446. The van der Waals surface area contributed by atoms with Crippen molar-refractivity contribution in [2.24, 2.45) is 4.99 Å². The van der Waals surface area contributed by atoms with Crippen LogP contribution < -0.4 is 5.32 Å². The summed E-state index contributed by atoms with van der Waals surface area (Å²) in [6, 6.07) is 0. The summed E-state index contributed by atoms with van der Waals surface area (Å²) in [5, 5.41) is 3.15. The van der Waals surface area contributed by atoms with E-state index in [2.05, 4.69) is 31.8 Å². The van der Waals surface area contributed by atoms with Crippen LogP contribution in [0.4, 0.5) is 10.3 Å². The molecule has 2 aromatic heterocycles. The van der Waals surface area contributed by atoms with Gasteiger partial charge in [0.05, 0.1) is 6.20 Å². The molecule has 6 nitrogen and oxygen atoms in total. The number of nitrogens with one attached hydrogen (secondary N) is 1. The van der Waals surface area contributed by atoms with Crippen molar-refractivity contribution >= 4 is 11.8 Å². The van der Waals surface area contributed by atoms with Crippen molar-refractivity contribution in [1.29, 1.82) is 0 Å². The molecule has 1 saturated heterocycles. The largest absolute Gasteiger partial charge is 0.348 e. The van der Waals surface area contributed by atoms with Crippen molar-refractivity contribution in [2.45, 2.75) is 47.1 Å². The number of aliphatic imine (C=N–C) groups is 1. The van der Waals surface area contributed by atoms with Gasteiger partial charge in [0.15, 0.2) is 11.6 Å². The first-order chi connectivity index (χ1) is 13.8. The third-order valence-electron chi connectivity index (χ3n) is 4.79. The van der Waals surface area contributed by atoms with Crippen molar-refractivity contribution in [3.8, 4) is 5.82 Å². The predicted molar refractivity (Wildman–Crippen MR) is 115 cm³/mol. The molecule has 7 heteroatoms. The second-order valence-electron chi connectivity index (χ2n) is 7.69. The Morgan fingerprint density at radius 1 is 1.28 bits per heavy atom. The van der Waals surface area contributed by atoms with Gasteiger partial charge in [0.2, 0.25) is 0 Å². The number of hydrogen-bond acceptors (Lipinski definition) is 4. The Balaban J connectivity index is 1.82. The predicted octanol–water partition coefficient (Wildman–Crippen LogP) is 4.43. The molecule has 3 rings (SSSR count). The van der Waals surface area contributed by atoms with Crippen LogP contribution in [0.2, 0.25) is 0 Å². The minimum atomic E-state index is -0.476. The second kappa shape index (κ2) is 9.13. The zero-order chi connectivity index (χ0) is 21.0. The summed E-state index contributed by atoms with van der Waals surface area (Å²) in [5.74, 6) is 0.560. The summed E-state index contributed by atoms with van der Waals surface area (Å²) >= 11 is 0. The maximum Gasteiger partial charge on any atom is 0.253 e. The lowest BCUT2D eigenvalue weighted by atomic mass is 10.2. The Morgan fingerprint density at radius 2 is 2.00 bits per heavy atom. The molecule has 29 heavy (non-hydrogen) atoms. The van der Waals surface area contributed by atoms with Crippen LogP contribution in [0.5, 0.6) is 0 Å². The summed E-state index contributed by atoms with van der Waals surface area (Å²) in [6.45, 7) is 14.7. The van der Waals surface area contributed by atoms with E-state index in [1.165, 1.54) is 24.6 Å². The van der Waals surface area contributed by atoms with Crippen LogP contribution in [0.25, 0.3) is 5.82 Å². The van der Waals surface area contributed by atoms with Crippen molar-refractivity contribution in [3.05, 3.63) is 59.5 Å². The topological polar surface area (TPSA) is 58.3 Å². The maximum atomic E-state index is 14.5. The molecule has 0 bridgehead atoms. The fraction of sp³-hybridized carbons (Fsp3) is 0.409. The van der Waals surface area contributed by atoms with Gasteiger partial charge < -0.3 is 9.88 Å². The molecule has 2 aromatic rings. The van der Waals surface area contributed by atoms with Gasteiger partial charge in [-0.15, -0.1) is 0 Å². The van der Waals surface area contributed by atoms with E-state index in [0.717, 1.165) is 36.5 Å². The van der Waals surface area contributed by atoms with Crippen molar-refractivity contribution in [1.82, 2.24) is 24.8 Å². The molecule has 154 valence electrons. The number of aromatic nitrogens is 3. The Kier molecular flexibility index (Phi) is 6.59. The van der Waals surface area contributed by atoms with Gasteiger partial charge >= 0.3 is 0 Å². The zero-order valence-corrected chi connectivity index (χ0v) is 17.7. The molecule has 0 spiro atoms. The van der Waals surface area contributed by atoms with E-state index in [9.17, 15) is 4.39 Å². The molecular weight excluding hydrogens is 367 g/mol.